The Labute approximate surface area is 99.8 Å². The molecule has 0 bridgehead atoms. The van der Waals surface area contributed by atoms with E-state index in [-0.39, 0.29) is 12.3 Å². The lowest BCUT2D eigenvalue weighted by molar-refractivity contribution is -0.121. The highest BCUT2D eigenvalue weighted by molar-refractivity contribution is 5.77. The van der Waals surface area contributed by atoms with Crippen molar-refractivity contribution in [3.8, 4) is 0 Å². The third-order valence-corrected chi connectivity index (χ3v) is 2.36. The molecule has 0 heterocycles. The highest BCUT2D eigenvalue weighted by Gasteiger charge is 2.15. The third-order valence-electron chi connectivity index (χ3n) is 2.36. The molecule has 1 aromatic rings. The number of rotatable bonds is 5. The molecular formula is C12H16N2O3. The van der Waals surface area contributed by atoms with Crippen LogP contribution in [-0.4, -0.2) is 30.2 Å². The molecule has 0 saturated heterocycles. The normalized spacial score (nSPS) is 11.6. The van der Waals surface area contributed by atoms with E-state index in [0.29, 0.717) is 6.42 Å². The molecule has 0 radical (unpaired) electrons. The second kappa shape index (κ2) is 6.52. The zero-order valence-corrected chi connectivity index (χ0v) is 9.64. The van der Waals surface area contributed by atoms with Crippen LogP contribution in [0.5, 0.6) is 0 Å². The lowest BCUT2D eigenvalue weighted by Gasteiger charge is -2.16. The molecule has 3 N–H and O–H groups in total. The Hall–Kier alpha value is -2.04. The van der Waals surface area contributed by atoms with Gasteiger partial charge in [-0.1, -0.05) is 30.3 Å². The minimum Gasteiger partial charge on any atom is -0.465 e. The van der Waals surface area contributed by atoms with Crippen molar-refractivity contribution in [2.45, 2.75) is 18.9 Å². The van der Waals surface area contributed by atoms with E-state index in [2.05, 4.69) is 10.6 Å². The van der Waals surface area contributed by atoms with Gasteiger partial charge in [-0.15, -0.1) is 0 Å². The van der Waals surface area contributed by atoms with Crippen molar-refractivity contribution in [1.82, 2.24) is 10.6 Å². The highest BCUT2D eigenvalue weighted by atomic mass is 16.4. The Balaban J connectivity index is 2.63. The van der Waals surface area contributed by atoms with Crippen molar-refractivity contribution in [2.75, 3.05) is 7.05 Å². The first-order valence-electron chi connectivity index (χ1n) is 5.35. The van der Waals surface area contributed by atoms with E-state index in [0.717, 1.165) is 5.56 Å². The van der Waals surface area contributed by atoms with Crippen LogP contribution in [0.2, 0.25) is 0 Å². The molecule has 2 amide bonds. The van der Waals surface area contributed by atoms with E-state index >= 15 is 0 Å². The molecule has 0 aliphatic rings. The van der Waals surface area contributed by atoms with Gasteiger partial charge in [-0.05, 0) is 12.0 Å². The number of carboxylic acid groups (broad SMARTS) is 1. The summed E-state index contributed by atoms with van der Waals surface area (Å²) in [5, 5.41) is 13.5. The van der Waals surface area contributed by atoms with Crippen molar-refractivity contribution in [3.05, 3.63) is 35.9 Å². The van der Waals surface area contributed by atoms with Crippen molar-refractivity contribution >= 4 is 12.0 Å². The summed E-state index contributed by atoms with van der Waals surface area (Å²) in [6, 6.07) is 9.05. The van der Waals surface area contributed by atoms with Crippen molar-refractivity contribution in [3.63, 3.8) is 0 Å². The second-order valence-electron chi connectivity index (χ2n) is 3.71. The molecule has 1 atom stereocenters. The molecule has 5 nitrogen and oxygen atoms in total. The van der Waals surface area contributed by atoms with Crippen LogP contribution in [0.1, 0.15) is 12.0 Å². The lowest BCUT2D eigenvalue weighted by Crippen LogP contribution is -2.39. The van der Waals surface area contributed by atoms with Crippen LogP contribution in [0.25, 0.3) is 0 Å². The monoisotopic (exact) mass is 236 g/mol. The van der Waals surface area contributed by atoms with Crippen molar-refractivity contribution in [1.29, 1.82) is 0 Å². The van der Waals surface area contributed by atoms with E-state index in [1.165, 1.54) is 7.05 Å². The van der Waals surface area contributed by atoms with E-state index in [1.807, 2.05) is 30.3 Å². The van der Waals surface area contributed by atoms with E-state index in [4.69, 9.17) is 5.11 Å². The summed E-state index contributed by atoms with van der Waals surface area (Å²) in [5.74, 6) is -0.181. The lowest BCUT2D eigenvalue weighted by atomic mass is 10.0. The Morgan fingerprint density at radius 3 is 2.47 bits per heavy atom. The zero-order chi connectivity index (χ0) is 12.7. The zero-order valence-electron chi connectivity index (χ0n) is 9.64. The van der Waals surface area contributed by atoms with Gasteiger partial charge in [-0.2, -0.15) is 0 Å². The maximum atomic E-state index is 11.2. The molecule has 92 valence electrons. The topological polar surface area (TPSA) is 78.4 Å². The maximum Gasteiger partial charge on any atom is 0.404 e. The van der Waals surface area contributed by atoms with Crippen LogP contribution in [0, 0.1) is 0 Å². The molecular weight excluding hydrogens is 220 g/mol. The van der Waals surface area contributed by atoms with Crippen LogP contribution in [0.3, 0.4) is 0 Å². The fraction of sp³-hybridized carbons (Fsp3) is 0.333. The van der Waals surface area contributed by atoms with Gasteiger partial charge in [0.05, 0.1) is 0 Å². The predicted molar refractivity (Wildman–Crippen MR) is 63.8 cm³/mol. The van der Waals surface area contributed by atoms with Crippen LogP contribution < -0.4 is 10.6 Å². The first kappa shape index (κ1) is 13.0. The molecule has 0 saturated carbocycles. The second-order valence-corrected chi connectivity index (χ2v) is 3.71. The first-order valence-corrected chi connectivity index (χ1v) is 5.35. The minimum absolute atomic E-state index is 0.137. The largest absolute Gasteiger partial charge is 0.465 e. The third kappa shape index (κ3) is 5.01. The van der Waals surface area contributed by atoms with Crippen LogP contribution >= 0.6 is 0 Å². The van der Waals surface area contributed by atoms with Gasteiger partial charge in [0.1, 0.15) is 0 Å². The fourth-order valence-electron chi connectivity index (χ4n) is 1.57. The number of amides is 2. The van der Waals surface area contributed by atoms with E-state index < -0.39 is 12.1 Å². The van der Waals surface area contributed by atoms with E-state index in [1.54, 1.807) is 0 Å². The van der Waals surface area contributed by atoms with Gasteiger partial charge in [0.15, 0.2) is 0 Å². The summed E-state index contributed by atoms with van der Waals surface area (Å²) in [5.41, 5.74) is 0.996. The number of hydrogen-bond donors (Lipinski definition) is 3. The average Bonchev–Trinajstić information content (AvgIpc) is 2.29. The van der Waals surface area contributed by atoms with Crippen LogP contribution in [-0.2, 0) is 11.2 Å². The SMILES string of the molecule is CNC(=O)CC(Cc1ccccc1)NC(=O)O. The number of nitrogens with one attached hydrogen (secondary N) is 2. The van der Waals surface area contributed by atoms with Crippen molar-refractivity contribution in [2.24, 2.45) is 0 Å². The molecule has 0 spiro atoms. The molecule has 5 heteroatoms. The summed E-state index contributed by atoms with van der Waals surface area (Å²) in [6.45, 7) is 0. The smallest absolute Gasteiger partial charge is 0.404 e. The molecule has 1 aromatic carbocycles. The van der Waals surface area contributed by atoms with Crippen molar-refractivity contribution < 1.29 is 14.7 Å². The number of hydrogen-bond acceptors (Lipinski definition) is 2. The summed E-state index contributed by atoms with van der Waals surface area (Å²) in [7, 11) is 1.53. The maximum absolute atomic E-state index is 11.2. The molecule has 0 aliphatic carbocycles. The number of carbonyl (C=O) groups excluding carboxylic acids is 1. The molecule has 1 rings (SSSR count). The molecule has 0 aromatic heterocycles. The van der Waals surface area contributed by atoms with Crippen LogP contribution in [0.4, 0.5) is 4.79 Å². The van der Waals surface area contributed by atoms with Crippen LogP contribution in [0.15, 0.2) is 30.3 Å². The molecule has 1 unspecified atom stereocenters. The standard InChI is InChI=1S/C12H16N2O3/c1-13-11(15)8-10(14-12(16)17)7-9-5-3-2-4-6-9/h2-6,10,14H,7-8H2,1H3,(H,13,15)(H,16,17). The van der Waals surface area contributed by atoms with Gasteiger partial charge in [-0.25, -0.2) is 4.79 Å². The summed E-state index contributed by atoms with van der Waals surface area (Å²) in [4.78, 5) is 21.9. The Bertz CT molecular complexity index is 379. The van der Waals surface area contributed by atoms with E-state index in [9.17, 15) is 9.59 Å². The Morgan fingerprint density at radius 1 is 1.29 bits per heavy atom. The Morgan fingerprint density at radius 2 is 1.94 bits per heavy atom. The fourth-order valence-corrected chi connectivity index (χ4v) is 1.57. The highest BCUT2D eigenvalue weighted by Crippen LogP contribution is 2.05. The predicted octanol–water partition coefficient (Wildman–Crippen LogP) is 1.00. The van der Waals surface area contributed by atoms with Gasteiger partial charge in [0.25, 0.3) is 0 Å². The van der Waals surface area contributed by atoms with Gasteiger partial charge in [0.2, 0.25) is 5.91 Å². The molecule has 0 fully saturated rings. The summed E-state index contributed by atoms with van der Waals surface area (Å²) < 4.78 is 0. The van der Waals surface area contributed by atoms with Gasteiger partial charge < -0.3 is 15.7 Å². The van der Waals surface area contributed by atoms with Gasteiger partial charge in [0, 0.05) is 19.5 Å². The summed E-state index contributed by atoms with van der Waals surface area (Å²) >= 11 is 0. The quantitative estimate of drug-likeness (QED) is 0.713. The molecule has 0 aliphatic heterocycles. The molecule has 17 heavy (non-hydrogen) atoms. The van der Waals surface area contributed by atoms with Gasteiger partial charge in [-0.3, -0.25) is 4.79 Å². The number of carbonyl (C=O) groups is 2. The first-order chi connectivity index (χ1) is 8.11. The van der Waals surface area contributed by atoms with Gasteiger partial charge >= 0.3 is 6.09 Å². The average molecular weight is 236 g/mol. The Kier molecular flexibility index (Phi) is 5.00. The summed E-state index contributed by atoms with van der Waals surface area (Å²) in [6.07, 6.45) is -0.479. The number of benzene rings is 1. The minimum atomic E-state index is -1.12.